The van der Waals surface area contributed by atoms with Gasteiger partial charge in [0.05, 0.1) is 12.9 Å². The first kappa shape index (κ1) is 19.8. The van der Waals surface area contributed by atoms with Crippen LogP contribution in [0.1, 0.15) is 32.4 Å². The molecule has 0 aromatic carbocycles. The van der Waals surface area contributed by atoms with Gasteiger partial charge in [-0.1, -0.05) is 0 Å². The lowest BCUT2D eigenvalue weighted by Gasteiger charge is -2.22. The Morgan fingerprint density at radius 2 is 2.24 bits per heavy atom. The molecule has 1 aromatic rings. The van der Waals surface area contributed by atoms with Gasteiger partial charge < -0.3 is 24.1 Å². The number of rotatable bonds is 11. The molecule has 1 fully saturated rings. The second kappa shape index (κ2) is 11.9. The Labute approximate surface area is 151 Å². The molecule has 1 aliphatic rings. The van der Waals surface area contributed by atoms with Crippen LogP contribution in [0.25, 0.3) is 0 Å². The zero-order valence-electron chi connectivity index (χ0n) is 15.7. The summed E-state index contributed by atoms with van der Waals surface area (Å²) >= 11 is 0. The number of nitrogens with one attached hydrogen (secondary N) is 1. The molecule has 1 saturated heterocycles. The van der Waals surface area contributed by atoms with Crippen molar-refractivity contribution in [1.29, 1.82) is 0 Å². The molecule has 25 heavy (non-hydrogen) atoms. The first-order chi connectivity index (χ1) is 12.3. The van der Waals surface area contributed by atoms with E-state index < -0.39 is 0 Å². The summed E-state index contributed by atoms with van der Waals surface area (Å²) in [7, 11) is 0. The summed E-state index contributed by atoms with van der Waals surface area (Å²) in [4.78, 5) is 7.14. The van der Waals surface area contributed by atoms with Crippen LogP contribution in [0.4, 0.5) is 0 Å². The average Bonchev–Trinajstić information content (AvgIpc) is 3.30. The minimum absolute atomic E-state index is 0.598. The average molecular weight is 351 g/mol. The van der Waals surface area contributed by atoms with Gasteiger partial charge in [-0.25, -0.2) is 0 Å². The van der Waals surface area contributed by atoms with Gasteiger partial charge in [0.25, 0.3) is 0 Å². The summed E-state index contributed by atoms with van der Waals surface area (Å²) < 4.78 is 16.4. The summed E-state index contributed by atoms with van der Waals surface area (Å²) in [5.41, 5.74) is 0. The minimum Gasteiger partial charge on any atom is -0.469 e. The molecule has 0 saturated carbocycles. The SMILES string of the molecule is CCOCCCN=C(NCCc1ccco1)N1CCC(COCC)C1. The molecule has 1 atom stereocenters. The Hall–Kier alpha value is -1.53. The number of likely N-dealkylation sites (tertiary alicyclic amines) is 1. The lowest BCUT2D eigenvalue weighted by atomic mass is 10.1. The molecule has 0 radical (unpaired) electrons. The third-order valence-electron chi connectivity index (χ3n) is 4.29. The van der Waals surface area contributed by atoms with Gasteiger partial charge in [-0.2, -0.15) is 0 Å². The maximum absolute atomic E-state index is 5.59. The zero-order valence-corrected chi connectivity index (χ0v) is 15.7. The molecule has 0 amide bonds. The van der Waals surface area contributed by atoms with Crippen LogP contribution in [0, 0.1) is 5.92 Å². The molecule has 1 aliphatic heterocycles. The minimum atomic E-state index is 0.598. The second-order valence-corrected chi connectivity index (χ2v) is 6.27. The Morgan fingerprint density at radius 3 is 3.00 bits per heavy atom. The van der Waals surface area contributed by atoms with Crippen molar-refractivity contribution in [2.24, 2.45) is 10.9 Å². The predicted molar refractivity (Wildman–Crippen MR) is 100.0 cm³/mol. The van der Waals surface area contributed by atoms with Crippen molar-refractivity contribution in [2.75, 3.05) is 52.6 Å². The highest BCUT2D eigenvalue weighted by molar-refractivity contribution is 5.80. The fraction of sp³-hybridized carbons (Fsp3) is 0.737. The van der Waals surface area contributed by atoms with Crippen LogP contribution in [0.5, 0.6) is 0 Å². The van der Waals surface area contributed by atoms with E-state index in [9.17, 15) is 0 Å². The van der Waals surface area contributed by atoms with Crippen molar-refractivity contribution in [3.8, 4) is 0 Å². The molecule has 6 nitrogen and oxygen atoms in total. The Morgan fingerprint density at radius 1 is 1.36 bits per heavy atom. The van der Waals surface area contributed by atoms with Gasteiger partial charge in [0.2, 0.25) is 0 Å². The number of aliphatic imine (C=N–C) groups is 1. The first-order valence-corrected chi connectivity index (χ1v) is 9.54. The van der Waals surface area contributed by atoms with Crippen LogP contribution < -0.4 is 5.32 Å². The molecule has 1 unspecified atom stereocenters. The van der Waals surface area contributed by atoms with E-state index in [1.165, 1.54) is 0 Å². The van der Waals surface area contributed by atoms with E-state index in [1.54, 1.807) is 6.26 Å². The van der Waals surface area contributed by atoms with E-state index in [4.69, 9.17) is 18.9 Å². The molecule has 142 valence electrons. The monoisotopic (exact) mass is 351 g/mol. The van der Waals surface area contributed by atoms with Gasteiger partial charge in [0.1, 0.15) is 5.76 Å². The first-order valence-electron chi connectivity index (χ1n) is 9.54. The Balaban J connectivity index is 1.81. The van der Waals surface area contributed by atoms with Crippen molar-refractivity contribution in [1.82, 2.24) is 10.2 Å². The Kier molecular flexibility index (Phi) is 9.44. The van der Waals surface area contributed by atoms with Gasteiger partial charge in [0, 0.05) is 58.3 Å². The largest absolute Gasteiger partial charge is 0.469 e. The van der Waals surface area contributed by atoms with Crippen LogP contribution >= 0.6 is 0 Å². The summed E-state index contributed by atoms with van der Waals surface area (Å²) in [6.07, 6.45) is 4.70. The fourth-order valence-electron chi connectivity index (χ4n) is 2.96. The van der Waals surface area contributed by atoms with Crippen LogP contribution in [-0.2, 0) is 15.9 Å². The van der Waals surface area contributed by atoms with Crippen LogP contribution in [-0.4, -0.2) is 63.5 Å². The standard InChI is InChI=1S/C19H33N3O3/c1-3-23-13-6-10-20-19(21-11-8-18-7-5-14-25-18)22-12-9-17(15-22)16-24-4-2/h5,7,14,17H,3-4,6,8-13,15-16H2,1-2H3,(H,20,21). The van der Waals surface area contributed by atoms with E-state index >= 15 is 0 Å². The highest BCUT2D eigenvalue weighted by Crippen LogP contribution is 2.16. The zero-order chi connectivity index (χ0) is 17.7. The van der Waals surface area contributed by atoms with Crippen molar-refractivity contribution in [3.05, 3.63) is 24.2 Å². The highest BCUT2D eigenvalue weighted by atomic mass is 16.5. The van der Waals surface area contributed by atoms with Gasteiger partial charge >= 0.3 is 0 Å². The van der Waals surface area contributed by atoms with Crippen molar-refractivity contribution < 1.29 is 13.9 Å². The molecule has 2 heterocycles. The summed E-state index contributed by atoms with van der Waals surface area (Å²) in [5.74, 6) is 2.60. The second-order valence-electron chi connectivity index (χ2n) is 6.27. The molecule has 0 bridgehead atoms. The summed E-state index contributed by atoms with van der Waals surface area (Å²) in [5, 5.41) is 3.50. The summed E-state index contributed by atoms with van der Waals surface area (Å²) in [6.45, 7) is 10.9. The van der Waals surface area contributed by atoms with E-state index in [1.807, 2.05) is 26.0 Å². The van der Waals surface area contributed by atoms with Crippen molar-refractivity contribution >= 4 is 5.96 Å². The number of guanidine groups is 1. The topological polar surface area (TPSA) is 59.2 Å². The Bertz CT molecular complexity index is 476. The van der Waals surface area contributed by atoms with Crippen LogP contribution in [0.15, 0.2) is 27.8 Å². The van der Waals surface area contributed by atoms with Gasteiger partial charge in [-0.05, 0) is 38.8 Å². The van der Waals surface area contributed by atoms with Gasteiger partial charge in [-0.3, -0.25) is 4.99 Å². The smallest absolute Gasteiger partial charge is 0.193 e. The molecule has 1 N–H and O–H groups in total. The van der Waals surface area contributed by atoms with Crippen LogP contribution in [0.2, 0.25) is 0 Å². The number of hydrogen-bond acceptors (Lipinski definition) is 4. The van der Waals surface area contributed by atoms with E-state index in [0.29, 0.717) is 5.92 Å². The van der Waals surface area contributed by atoms with Crippen molar-refractivity contribution in [2.45, 2.75) is 33.1 Å². The molecule has 6 heteroatoms. The van der Waals surface area contributed by atoms with Crippen LogP contribution in [0.3, 0.4) is 0 Å². The number of ether oxygens (including phenoxy) is 2. The van der Waals surface area contributed by atoms with Crippen molar-refractivity contribution in [3.63, 3.8) is 0 Å². The van der Waals surface area contributed by atoms with E-state index in [-0.39, 0.29) is 0 Å². The molecular weight excluding hydrogens is 318 g/mol. The maximum atomic E-state index is 5.59. The van der Waals surface area contributed by atoms with E-state index in [0.717, 1.165) is 83.6 Å². The molecule has 0 spiro atoms. The lowest BCUT2D eigenvalue weighted by molar-refractivity contribution is 0.114. The summed E-state index contributed by atoms with van der Waals surface area (Å²) in [6, 6.07) is 3.94. The molecule has 1 aromatic heterocycles. The number of hydrogen-bond donors (Lipinski definition) is 1. The lowest BCUT2D eigenvalue weighted by Crippen LogP contribution is -2.41. The third-order valence-corrected chi connectivity index (χ3v) is 4.29. The number of furan rings is 1. The third kappa shape index (κ3) is 7.48. The maximum Gasteiger partial charge on any atom is 0.193 e. The molecule has 0 aliphatic carbocycles. The van der Waals surface area contributed by atoms with Gasteiger partial charge in [0.15, 0.2) is 5.96 Å². The molecule has 2 rings (SSSR count). The fourth-order valence-corrected chi connectivity index (χ4v) is 2.96. The molecular formula is C19H33N3O3. The highest BCUT2D eigenvalue weighted by Gasteiger charge is 2.24. The number of nitrogens with zero attached hydrogens (tertiary/aromatic N) is 2. The quantitative estimate of drug-likeness (QED) is 0.377. The van der Waals surface area contributed by atoms with E-state index in [2.05, 4.69) is 10.2 Å². The normalized spacial score (nSPS) is 18.1. The predicted octanol–water partition coefficient (Wildman–Crippen LogP) is 2.55. The van der Waals surface area contributed by atoms with Gasteiger partial charge in [-0.15, -0.1) is 0 Å².